The van der Waals surface area contributed by atoms with Crippen molar-refractivity contribution < 1.29 is 19.0 Å². The molecular weight excluding hydrogens is 370 g/mol. The molecule has 3 aromatic rings. The predicted octanol–water partition coefficient (Wildman–Crippen LogP) is 3.78. The van der Waals surface area contributed by atoms with Crippen LogP contribution in [-0.2, 0) is 6.54 Å². The molecule has 0 bridgehead atoms. The summed E-state index contributed by atoms with van der Waals surface area (Å²) in [6.07, 6.45) is 1.60. The molecule has 1 heterocycles. The summed E-state index contributed by atoms with van der Waals surface area (Å²) in [7, 11) is 4.79. The van der Waals surface area contributed by atoms with Gasteiger partial charge in [-0.05, 0) is 30.3 Å². The smallest absolute Gasteiger partial charge is 0.270 e. The summed E-state index contributed by atoms with van der Waals surface area (Å²) in [5.41, 5.74) is 2.72. The second-order valence-corrected chi connectivity index (χ2v) is 6.12. The van der Waals surface area contributed by atoms with Gasteiger partial charge in [0, 0.05) is 18.2 Å². The van der Waals surface area contributed by atoms with Crippen molar-refractivity contribution in [2.45, 2.75) is 6.54 Å². The highest BCUT2D eigenvalue weighted by molar-refractivity contribution is 5.92. The van der Waals surface area contributed by atoms with Gasteiger partial charge in [-0.3, -0.25) is 4.79 Å². The van der Waals surface area contributed by atoms with Crippen molar-refractivity contribution in [1.29, 1.82) is 0 Å². The lowest BCUT2D eigenvalue weighted by atomic mass is 10.2. The van der Waals surface area contributed by atoms with Crippen molar-refractivity contribution in [2.24, 2.45) is 0 Å². The van der Waals surface area contributed by atoms with Gasteiger partial charge < -0.3 is 24.8 Å². The van der Waals surface area contributed by atoms with E-state index in [4.69, 9.17) is 14.2 Å². The molecule has 1 amide bonds. The zero-order chi connectivity index (χ0) is 20.6. The Bertz CT molecular complexity index is 974. The molecule has 3 rings (SSSR count). The number of methoxy groups -OCH3 is 3. The molecule has 1 aromatic heterocycles. The molecule has 7 nitrogen and oxygen atoms in total. The van der Waals surface area contributed by atoms with E-state index in [1.807, 2.05) is 36.4 Å². The Morgan fingerprint density at radius 2 is 1.72 bits per heavy atom. The van der Waals surface area contributed by atoms with Crippen molar-refractivity contribution in [3.63, 3.8) is 0 Å². The molecule has 0 radical (unpaired) electrons. The lowest BCUT2D eigenvalue weighted by Gasteiger charge is -2.13. The molecule has 0 saturated carbocycles. The van der Waals surface area contributed by atoms with Gasteiger partial charge in [-0.1, -0.05) is 18.2 Å². The van der Waals surface area contributed by atoms with Crippen LogP contribution in [0.25, 0.3) is 0 Å². The lowest BCUT2D eigenvalue weighted by molar-refractivity contribution is 0.0945. The van der Waals surface area contributed by atoms with Crippen molar-refractivity contribution in [3.05, 3.63) is 72.1 Å². The number of nitrogens with zero attached hydrogens (tertiary/aromatic N) is 1. The summed E-state index contributed by atoms with van der Waals surface area (Å²) in [6, 6.07) is 16.5. The molecule has 0 aliphatic carbocycles. The highest BCUT2D eigenvalue weighted by Crippen LogP contribution is 2.31. The Morgan fingerprint density at radius 1 is 0.931 bits per heavy atom. The topological polar surface area (TPSA) is 81.7 Å². The van der Waals surface area contributed by atoms with Crippen LogP contribution in [0.2, 0.25) is 0 Å². The largest absolute Gasteiger partial charge is 0.497 e. The number of hydrogen-bond donors (Lipinski definition) is 2. The number of para-hydroxylation sites is 1. The SMILES string of the molecule is COc1ccc(Nc2ccc(C(=O)NCc3ccccc3OC)nc2)c(OC)c1. The molecule has 7 heteroatoms. The Morgan fingerprint density at radius 3 is 2.41 bits per heavy atom. The molecule has 2 N–H and O–H groups in total. The van der Waals surface area contributed by atoms with Crippen molar-refractivity contribution >= 4 is 17.3 Å². The number of aromatic nitrogens is 1. The average molecular weight is 393 g/mol. The summed E-state index contributed by atoms with van der Waals surface area (Å²) in [4.78, 5) is 16.6. The molecule has 0 atom stereocenters. The van der Waals surface area contributed by atoms with Gasteiger partial charge in [0.25, 0.3) is 5.91 Å². The van der Waals surface area contributed by atoms with E-state index >= 15 is 0 Å². The molecule has 29 heavy (non-hydrogen) atoms. The van der Waals surface area contributed by atoms with E-state index in [2.05, 4.69) is 15.6 Å². The van der Waals surface area contributed by atoms with Crippen LogP contribution in [0, 0.1) is 0 Å². The van der Waals surface area contributed by atoms with Gasteiger partial charge in [-0.25, -0.2) is 4.98 Å². The minimum atomic E-state index is -0.260. The van der Waals surface area contributed by atoms with E-state index in [0.717, 1.165) is 22.7 Å². The zero-order valence-corrected chi connectivity index (χ0v) is 16.6. The number of anilines is 2. The second kappa shape index (κ2) is 9.45. The molecular formula is C22H23N3O4. The van der Waals surface area contributed by atoms with Gasteiger partial charge in [0.05, 0.1) is 38.9 Å². The minimum Gasteiger partial charge on any atom is -0.497 e. The van der Waals surface area contributed by atoms with E-state index in [-0.39, 0.29) is 5.91 Å². The third-order valence-electron chi connectivity index (χ3n) is 4.32. The number of hydrogen-bond acceptors (Lipinski definition) is 6. The molecule has 0 fully saturated rings. The number of ether oxygens (including phenoxy) is 3. The van der Waals surface area contributed by atoms with Crippen molar-refractivity contribution in [1.82, 2.24) is 10.3 Å². The first-order valence-electron chi connectivity index (χ1n) is 8.99. The summed E-state index contributed by atoms with van der Waals surface area (Å²) >= 11 is 0. The average Bonchev–Trinajstić information content (AvgIpc) is 2.78. The second-order valence-electron chi connectivity index (χ2n) is 6.12. The maximum atomic E-state index is 12.4. The minimum absolute atomic E-state index is 0.260. The van der Waals surface area contributed by atoms with Crippen LogP contribution >= 0.6 is 0 Å². The first-order valence-corrected chi connectivity index (χ1v) is 8.99. The van der Waals surface area contributed by atoms with Crippen LogP contribution in [0.3, 0.4) is 0 Å². The van der Waals surface area contributed by atoms with Gasteiger partial charge in [-0.15, -0.1) is 0 Å². The highest BCUT2D eigenvalue weighted by Gasteiger charge is 2.10. The first-order chi connectivity index (χ1) is 14.1. The van der Waals surface area contributed by atoms with Gasteiger partial charge in [-0.2, -0.15) is 0 Å². The highest BCUT2D eigenvalue weighted by atomic mass is 16.5. The van der Waals surface area contributed by atoms with Crippen LogP contribution in [0.15, 0.2) is 60.8 Å². The normalized spacial score (nSPS) is 10.2. The molecule has 150 valence electrons. The summed E-state index contributed by atoms with van der Waals surface area (Å²) in [5, 5.41) is 6.08. The Hall–Kier alpha value is -3.74. The number of nitrogens with one attached hydrogen (secondary N) is 2. The Balaban J connectivity index is 1.64. The van der Waals surface area contributed by atoms with Crippen LogP contribution in [0.4, 0.5) is 11.4 Å². The summed E-state index contributed by atoms with van der Waals surface area (Å²) < 4.78 is 15.9. The lowest BCUT2D eigenvalue weighted by Crippen LogP contribution is -2.24. The van der Waals surface area contributed by atoms with Crippen LogP contribution < -0.4 is 24.8 Å². The van der Waals surface area contributed by atoms with E-state index in [1.54, 1.807) is 45.7 Å². The standard InChI is InChI=1S/C22H23N3O4/c1-27-17-9-11-18(21(12-17)29-3)25-16-8-10-19(23-14-16)22(26)24-13-15-6-4-5-7-20(15)28-2/h4-12,14,25H,13H2,1-3H3,(H,24,26). The maximum absolute atomic E-state index is 12.4. The molecule has 0 aliphatic rings. The number of benzene rings is 2. The summed E-state index contributed by atoms with van der Waals surface area (Å²) in [5.74, 6) is 1.81. The van der Waals surface area contributed by atoms with Crippen LogP contribution in [-0.4, -0.2) is 32.2 Å². The fraction of sp³-hybridized carbons (Fsp3) is 0.182. The van der Waals surface area contributed by atoms with Gasteiger partial charge in [0.15, 0.2) is 0 Å². The molecule has 2 aromatic carbocycles. The Labute approximate surface area is 169 Å². The maximum Gasteiger partial charge on any atom is 0.270 e. The molecule has 0 unspecified atom stereocenters. The van der Waals surface area contributed by atoms with E-state index in [0.29, 0.717) is 23.7 Å². The Kier molecular flexibility index (Phi) is 6.52. The fourth-order valence-corrected chi connectivity index (χ4v) is 2.77. The van der Waals surface area contributed by atoms with Gasteiger partial charge in [0.2, 0.25) is 0 Å². The first kappa shape index (κ1) is 20.0. The molecule has 0 aliphatic heterocycles. The predicted molar refractivity (Wildman–Crippen MR) is 111 cm³/mol. The molecule has 0 saturated heterocycles. The number of amides is 1. The monoisotopic (exact) mass is 393 g/mol. The van der Waals surface area contributed by atoms with Gasteiger partial charge >= 0.3 is 0 Å². The van der Waals surface area contributed by atoms with E-state index in [9.17, 15) is 4.79 Å². The third kappa shape index (κ3) is 4.95. The van der Waals surface area contributed by atoms with Crippen LogP contribution in [0.1, 0.15) is 16.1 Å². The fourth-order valence-electron chi connectivity index (χ4n) is 2.77. The number of pyridine rings is 1. The van der Waals surface area contributed by atoms with Crippen molar-refractivity contribution in [3.8, 4) is 17.2 Å². The summed E-state index contributed by atoms with van der Waals surface area (Å²) in [6.45, 7) is 0.355. The van der Waals surface area contributed by atoms with Crippen LogP contribution in [0.5, 0.6) is 17.2 Å². The number of carbonyl (C=O) groups is 1. The molecule has 0 spiro atoms. The quantitative estimate of drug-likeness (QED) is 0.606. The van der Waals surface area contributed by atoms with Gasteiger partial charge in [0.1, 0.15) is 22.9 Å². The number of rotatable bonds is 8. The van der Waals surface area contributed by atoms with Crippen molar-refractivity contribution in [2.75, 3.05) is 26.6 Å². The third-order valence-corrected chi connectivity index (χ3v) is 4.32. The van der Waals surface area contributed by atoms with E-state index in [1.165, 1.54) is 0 Å². The zero-order valence-electron chi connectivity index (χ0n) is 16.6. The number of carbonyl (C=O) groups excluding carboxylic acids is 1. The van der Waals surface area contributed by atoms with E-state index < -0.39 is 0 Å².